The Labute approximate surface area is 103 Å². The molecule has 0 aromatic rings. The Morgan fingerprint density at radius 2 is 2.25 bits per heavy atom. The number of rotatable bonds is 1. The second-order valence-electron chi connectivity index (χ2n) is 4.59. The van der Waals surface area contributed by atoms with Crippen LogP contribution in [0.3, 0.4) is 0 Å². The lowest BCUT2D eigenvalue weighted by atomic mass is 9.80. The normalized spacial score (nSPS) is 31.1. The summed E-state index contributed by atoms with van der Waals surface area (Å²) in [5.41, 5.74) is -0.260. The lowest BCUT2D eigenvalue weighted by molar-refractivity contribution is -0.0654. The molecule has 0 saturated carbocycles. The Balaban J connectivity index is 1.92. The summed E-state index contributed by atoms with van der Waals surface area (Å²) in [6.07, 6.45) is 1.65. The molecule has 0 bridgehead atoms. The molecule has 2 aliphatic rings. The maximum atomic E-state index is 10.8. The zero-order valence-electron chi connectivity index (χ0n) is 9.15. The number of hydrogen-bond acceptors (Lipinski definition) is 3. The van der Waals surface area contributed by atoms with Crippen LogP contribution in [-0.2, 0) is 4.84 Å². The van der Waals surface area contributed by atoms with Crippen LogP contribution in [0.4, 0.5) is 4.79 Å². The third kappa shape index (κ3) is 2.16. The molecule has 16 heavy (non-hydrogen) atoms. The molecule has 0 aromatic carbocycles. The first kappa shape index (κ1) is 11.7. The van der Waals surface area contributed by atoms with Crippen molar-refractivity contribution in [3.8, 4) is 0 Å². The Hall–Kier alpha value is -0.780. The molecular formula is C10H15BrN2O3. The van der Waals surface area contributed by atoms with E-state index in [0.717, 1.165) is 23.9 Å². The molecule has 1 unspecified atom stereocenters. The summed E-state index contributed by atoms with van der Waals surface area (Å²) >= 11 is 3.34. The van der Waals surface area contributed by atoms with Crippen LogP contribution in [0.5, 0.6) is 0 Å². The Kier molecular flexibility index (Phi) is 3.10. The smallest absolute Gasteiger partial charge is 0.407 e. The molecule has 0 radical (unpaired) electrons. The van der Waals surface area contributed by atoms with Gasteiger partial charge in [-0.2, -0.15) is 0 Å². The van der Waals surface area contributed by atoms with Gasteiger partial charge in [0, 0.05) is 25.4 Å². The number of oxime groups is 1. The molecular weight excluding hydrogens is 276 g/mol. The third-order valence-electron chi connectivity index (χ3n) is 3.48. The van der Waals surface area contributed by atoms with Crippen LogP contribution >= 0.6 is 15.9 Å². The standard InChI is InChI=1S/C10H15BrN2O3/c1-10(6-8(11)12-16-10)7-2-4-13(5-3-7)9(14)15/h7H,2-6H2,1H3,(H,14,15). The van der Waals surface area contributed by atoms with Crippen LogP contribution in [0, 0.1) is 5.92 Å². The molecule has 1 N–H and O–H groups in total. The Morgan fingerprint density at radius 1 is 1.62 bits per heavy atom. The molecule has 0 aliphatic carbocycles. The van der Waals surface area contributed by atoms with Gasteiger partial charge in [-0.25, -0.2) is 4.79 Å². The van der Waals surface area contributed by atoms with Crippen LogP contribution in [-0.4, -0.2) is 39.4 Å². The van der Waals surface area contributed by atoms with Crippen LogP contribution < -0.4 is 0 Å². The van der Waals surface area contributed by atoms with E-state index in [0.29, 0.717) is 19.0 Å². The molecule has 1 saturated heterocycles. The van der Waals surface area contributed by atoms with Crippen LogP contribution in [0.15, 0.2) is 5.16 Å². The number of amides is 1. The van der Waals surface area contributed by atoms with E-state index >= 15 is 0 Å². The van der Waals surface area contributed by atoms with E-state index < -0.39 is 6.09 Å². The van der Waals surface area contributed by atoms with Gasteiger partial charge in [0.05, 0.1) is 0 Å². The lowest BCUT2D eigenvalue weighted by Gasteiger charge is -2.37. The average molecular weight is 291 g/mol. The maximum Gasteiger partial charge on any atom is 0.407 e. The van der Waals surface area contributed by atoms with E-state index in [2.05, 4.69) is 21.1 Å². The van der Waals surface area contributed by atoms with Gasteiger partial charge in [-0.1, -0.05) is 5.16 Å². The van der Waals surface area contributed by atoms with Gasteiger partial charge >= 0.3 is 6.09 Å². The fourth-order valence-corrected chi connectivity index (χ4v) is 3.04. The summed E-state index contributed by atoms with van der Waals surface area (Å²) in [5.74, 6) is 0.377. The van der Waals surface area contributed by atoms with Crippen molar-refractivity contribution >= 4 is 26.6 Å². The lowest BCUT2D eigenvalue weighted by Crippen LogP contribution is -2.45. The first-order valence-electron chi connectivity index (χ1n) is 5.40. The van der Waals surface area contributed by atoms with E-state index in [4.69, 9.17) is 9.94 Å². The topological polar surface area (TPSA) is 62.1 Å². The van der Waals surface area contributed by atoms with Crippen molar-refractivity contribution in [2.75, 3.05) is 13.1 Å². The fourth-order valence-electron chi connectivity index (χ4n) is 2.41. The van der Waals surface area contributed by atoms with E-state index in [1.807, 2.05) is 6.92 Å². The van der Waals surface area contributed by atoms with Gasteiger partial charge in [-0.3, -0.25) is 0 Å². The van der Waals surface area contributed by atoms with E-state index in [9.17, 15) is 4.79 Å². The van der Waals surface area contributed by atoms with Gasteiger partial charge in [0.1, 0.15) is 10.2 Å². The van der Waals surface area contributed by atoms with Crippen molar-refractivity contribution in [3.63, 3.8) is 0 Å². The van der Waals surface area contributed by atoms with Gasteiger partial charge in [0.2, 0.25) is 0 Å². The highest BCUT2D eigenvalue weighted by atomic mass is 79.9. The van der Waals surface area contributed by atoms with Crippen LogP contribution in [0.2, 0.25) is 0 Å². The Morgan fingerprint density at radius 3 is 2.69 bits per heavy atom. The predicted octanol–water partition coefficient (Wildman–Crippen LogP) is 2.26. The van der Waals surface area contributed by atoms with Crippen molar-refractivity contribution in [1.29, 1.82) is 0 Å². The van der Waals surface area contributed by atoms with Crippen molar-refractivity contribution in [3.05, 3.63) is 0 Å². The number of hydrogen-bond donors (Lipinski definition) is 1. The number of carboxylic acid groups (broad SMARTS) is 1. The van der Waals surface area contributed by atoms with E-state index in [-0.39, 0.29) is 5.60 Å². The summed E-state index contributed by atoms with van der Waals surface area (Å²) in [4.78, 5) is 17.7. The van der Waals surface area contributed by atoms with Gasteiger partial charge in [0.15, 0.2) is 0 Å². The Bertz CT molecular complexity index is 326. The highest BCUT2D eigenvalue weighted by Crippen LogP contribution is 2.38. The van der Waals surface area contributed by atoms with Crippen molar-refractivity contribution in [2.45, 2.75) is 31.8 Å². The van der Waals surface area contributed by atoms with Gasteiger partial charge < -0.3 is 14.8 Å². The summed E-state index contributed by atoms with van der Waals surface area (Å²) < 4.78 is 0.843. The van der Waals surface area contributed by atoms with Crippen molar-refractivity contribution in [2.24, 2.45) is 11.1 Å². The fraction of sp³-hybridized carbons (Fsp3) is 0.800. The zero-order chi connectivity index (χ0) is 11.8. The monoisotopic (exact) mass is 290 g/mol. The van der Waals surface area contributed by atoms with E-state index in [1.54, 1.807) is 0 Å². The molecule has 5 nitrogen and oxygen atoms in total. The first-order valence-corrected chi connectivity index (χ1v) is 6.19. The van der Waals surface area contributed by atoms with Gasteiger partial charge in [-0.05, 0) is 35.7 Å². The summed E-state index contributed by atoms with van der Waals surface area (Å²) in [5, 5.41) is 12.8. The molecule has 1 fully saturated rings. The SMILES string of the molecule is CC1(C2CCN(C(=O)O)CC2)CC(Br)=NO1. The molecule has 2 rings (SSSR count). The molecule has 6 heteroatoms. The first-order chi connectivity index (χ1) is 7.51. The number of piperidine rings is 1. The second kappa shape index (κ2) is 4.24. The third-order valence-corrected chi connectivity index (χ3v) is 3.90. The minimum Gasteiger partial charge on any atom is -0.465 e. The zero-order valence-corrected chi connectivity index (χ0v) is 10.7. The predicted molar refractivity (Wildman–Crippen MR) is 62.8 cm³/mol. The van der Waals surface area contributed by atoms with Gasteiger partial charge in [0.25, 0.3) is 0 Å². The summed E-state index contributed by atoms with van der Waals surface area (Å²) in [7, 11) is 0. The second-order valence-corrected chi connectivity index (χ2v) is 5.51. The number of carbonyl (C=O) groups is 1. The summed E-state index contributed by atoms with van der Waals surface area (Å²) in [6, 6.07) is 0. The number of likely N-dealkylation sites (tertiary alicyclic amines) is 1. The van der Waals surface area contributed by atoms with Crippen LogP contribution in [0.25, 0.3) is 0 Å². The largest absolute Gasteiger partial charge is 0.465 e. The molecule has 0 aromatic heterocycles. The highest BCUT2D eigenvalue weighted by Gasteiger charge is 2.43. The molecule has 0 spiro atoms. The van der Waals surface area contributed by atoms with Crippen LogP contribution in [0.1, 0.15) is 26.2 Å². The summed E-state index contributed by atoms with van der Waals surface area (Å²) in [6.45, 7) is 3.24. The minimum absolute atomic E-state index is 0.260. The minimum atomic E-state index is -0.826. The van der Waals surface area contributed by atoms with Crippen molar-refractivity contribution < 1.29 is 14.7 Å². The maximum absolute atomic E-state index is 10.8. The molecule has 2 aliphatic heterocycles. The van der Waals surface area contributed by atoms with Crippen molar-refractivity contribution in [1.82, 2.24) is 4.90 Å². The molecule has 90 valence electrons. The molecule has 1 atom stereocenters. The van der Waals surface area contributed by atoms with Gasteiger partial charge in [-0.15, -0.1) is 0 Å². The number of nitrogens with zero attached hydrogens (tertiary/aromatic N) is 2. The molecule has 2 heterocycles. The number of halogens is 1. The van der Waals surface area contributed by atoms with E-state index in [1.165, 1.54) is 4.90 Å². The highest BCUT2D eigenvalue weighted by molar-refractivity contribution is 9.18. The molecule has 1 amide bonds. The average Bonchev–Trinajstić information content (AvgIpc) is 2.60. The quantitative estimate of drug-likeness (QED) is 0.806.